The van der Waals surface area contributed by atoms with Crippen molar-refractivity contribution < 1.29 is 39.3 Å². The Morgan fingerprint density at radius 3 is 2.12 bits per heavy atom. The highest BCUT2D eigenvalue weighted by Gasteiger charge is 2.28. The Morgan fingerprint density at radius 2 is 1.61 bits per heavy atom. The molecule has 0 bridgehead atoms. The minimum absolute atomic E-state index is 0.0225. The van der Waals surface area contributed by atoms with Gasteiger partial charge in [-0.3, -0.25) is 14.4 Å². The molecule has 11 heteroatoms. The lowest BCUT2D eigenvalue weighted by Crippen LogP contribution is -2.54. The molecule has 4 atom stereocenters. The molecule has 0 aliphatic rings. The number of hydrogen-bond donors (Lipinski definition) is 6. The third kappa shape index (κ3) is 10.2. The molecule has 0 saturated carbocycles. The van der Waals surface area contributed by atoms with Crippen LogP contribution >= 0.6 is 0 Å². The summed E-state index contributed by atoms with van der Waals surface area (Å²) in [5.74, 6) is -4.86. The van der Waals surface area contributed by atoms with Crippen LogP contribution in [0.25, 0.3) is 0 Å². The molecular weight excluding hydrogens is 434 g/mol. The smallest absolute Gasteiger partial charge is 0.326 e. The van der Waals surface area contributed by atoms with Crippen LogP contribution in [0.3, 0.4) is 0 Å². The topological polar surface area (TPSA) is 182 Å². The van der Waals surface area contributed by atoms with Crippen molar-refractivity contribution in [3.8, 4) is 0 Å². The molecule has 0 saturated heterocycles. The molecule has 182 valence electrons. The van der Waals surface area contributed by atoms with Crippen LogP contribution in [0.5, 0.6) is 0 Å². The lowest BCUT2D eigenvalue weighted by atomic mass is 9.96. The first-order chi connectivity index (χ1) is 15.5. The van der Waals surface area contributed by atoms with Gasteiger partial charge < -0.3 is 36.1 Å². The number of benzene rings is 1. The van der Waals surface area contributed by atoms with Gasteiger partial charge in [-0.1, -0.05) is 30.3 Å². The Morgan fingerprint density at radius 1 is 0.970 bits per heavy atom. The normalized spacial score (nSPS) is 14.3. The van der Waals surface area contributed by atoms with Gasteiger partial charge in [-0.2, -0.15) is 0 Å². The van der Waals surface area contributed by atoms with E-state index in [1.807, 2.05) is 0 Å². The molecule has 1 aromatic rings. The summed E-state index contributed by atoms with van der Waals surface area (Å²) in [6, 6.07) is 6.18. The number of hydrogen-bond acceptors (Lipinski definition) is 7. The second kappa shape index (κ2) is 14.0. The standard InChI is InChI=1S/C22H31N3O8/c1-13(27)10-16(14(2)28)20(30)23-12-19(29)24-17(8-9-26)21(31)25-18(22(32)33)11-15-6-4-3-5-7-15/h3-7,14,16-18,26,28H,8-12H2,1-2H3,(H,23,30)(H,24,29)(H,25,31)(H,32,33)/t14-,16+,17+,18+/m1/s1. The predicted molar refractivity (Wildman–Crippen MR) is 117 cm³/mol. The van der Waals surface area contributed by atoms with Crippen molar-refractivity contribution in [1.29, 1.82) is 0 Å². The van der Waals surface area contributed by atoms with E-state index in [4.69, 9.17) is 0 Å². The quantitative estimate of drug-likeness (QED) is 0.197. The summed E-state index contributed by atoms with van der Waals surface area (Å²) in [4.78, 5) is 59.8. The number of aliphatic carboxylic acids is 1. The molecule has 1 aromatic carbocycles. The van der Waals surface area contributed by atoms with E-state index in [9.17, 15) is 39.3 Å². The number of rotatable bonds is 14. The van der Waals surface area contributed by atoms with E-state index in [-0.39, 0.29) is 25.0 Å². The first kappa shape index (κ1) is 27.7. The molecule has 0 spiro atoms. The van der Waals surface area contributed by atoms with Crippen molar-refractivity contribution in [2.75, 3.05) is 13.2 Å². The molecule has 11 nitrogen and oxygen atoms in total. The fraction of sp³-hybridized carbons (Fsp3) is 0.500. The summed E-state index contributed by atoms with van der Waals surface area (Å²) in [5, 5.41) is 35.3. The maximum atomic E-state index is 12.6. The van der Waals surface area contributed by atoms with Gasteiger partial charge >= 0.3 is 5.97 Å². The zero-order valence-electron chi connectivity index (χ0n) is 18.6. The second-order valence-corrected chi connectivity index (χ2v) is 7.69. The number of aliphatic hydroxyl groups is 2. The summed E-state index contributed by atoms with van der Waals surface area (Å²) < 4.78 is 0. The van der Waals surface area contributed by atoms with E-state index < -0.39 is 60.9 Å². The molecule has 0 fully saturated rings. The number of carbonyl (C=O) groups excluding carboxylic acids is 4. The van der Waals surface area contributed by atoms with Crippen molar-refractivity contribution in [2.45, 2.75) is 51.3 Å². The fourth-order valence-corrected chi connectivity index (χ4v) is 3.06. The number of carboxylic acids is 1. The van der Waals surface area contributed by atoms with Crippen LogP contribution in [0.2, 0.25) is 0 Å². The third-order valence-electron chi connectivity index (χ3n) is 4.82. The average Bonchev–Trinajstić information content (AvgIpc) is 2.75. The van der Waals surface area contributed by atoms with Gasteiger partial charge in [-0.15, -0.1) is 0 Å². The van der Waals surface area contributed by atoms with Crippen LogP contribution in [0.15, 0.2) is 30.3 Å². The lowest BCUT2D eigenvalue weighted by molar-refractivity contribution is -0.142. The summed E-state index contributed by atoms with van der Waals surface area (Å²) >= 11 is 0. The van der Waals surface area contributed by atoms with E-state index >= 15 is 0 Å². The van der Waals surface area contributed by atoms with Gasteiger partial charge in [0.1, 0.15) is 17.9 Å². The Bertz CT molecular complexity index is 828. The lowest BCUT2D eigenvalue weighted by Gasteiger charge is -2.22. The molecule has 6 N–H and O–H groups in total. The summed E-state index contributed by atoms with van der Waals surface area (Å²) in [5.41, 5.74) is 0.689. The zero-order valence-corrected chi connectivity index (χ0v) is 18.6. The Balaban J connectivity index is 2.71. The average molecular weight is 466 g/mol. The molecule has 33 heavy (non-hydrogen) atoms. The van der Waals surface area contributed by atoms with Crippen LogP contribution in [-0.4, -0.2) is 76.1 Å². The second-order valence-electron chi connectivity index (χ2n) is 7.69. The van der Waals surface area contributed by atoms with Crippen LogP contribution < -0.4 is 16.0 Å². The summed E-state index contributed by atoms with van der Waals surface area (Å²) in [7, 11) is 0. The van der Waals surface area contributed by atoms with Crippen molar-refractivity contribution in [3.63, 3.8) is 0 Å². The first-order valence-electron chi connectivity index (χ1n) is 10.5. The van der Waals surface area contributed by atoms with Gasteiger partial charge in [0, 0.05) is 19.4 Å². The molecule has 0 heterocycles. The van der Waals surface area contributed by atoms with Gasteiger partial charge in [0.2, 0.25) is 17.7 Å². The molecule has 0 radical (unpaired) electrons. The first-order valence-corrected chi connectivity index (χ1v) is 10.5. The largest absolute Gasteiger partial charge is 0.480 e. The van der Waals surface area contributed by atoms with Gasteiger partial charge in [0.05, 0.1) is 18.6 Å². The highest BCUT2D eigenvalue weighted by atomic mass is 16.4. The molecule has 0 aromatic heterocycles. The number of carbonyl (C=O) groups is 5. The van der Waals surface area contributed by atoms with E-state index in [1.165, 1.54) is 13.8 Å². The van der Waals surface area contributed by atoms with E-state index in [2.05, 4.69) is 16.0 Å². The minimum Gasteiger partial charge on any atom is -0.480 e. The molecule has 3 amide bonds. The molecule has 0 aliphatic carbocycles. The van der Waals surface area contributed by atoms with Crippen molar-refractivity contribution in [3.05, 3.63) is 35.9 Å². The predicted octanol–water partition coefficient (Wildman–Crippen LogP) is -1.24. The fourth-order valence-electron chi connectivity index (χ4n) is 3.06. The number of aliphatic hydroxyl groups excluding tert-OH is 2. The highest BCUT2D eigenvalue weighted by Crippen LogP contribution is 2.10. The van der Waals surface area contributed by atoms with Crippen molar-refractivity contribution in [2.24, 2.45) is 5.92 Å². The van der Waals surface area contributed by atoms with Gasteiger partial charge in [-0.25, -0.2) is 4.79 Å². The van der Waals surface area contributed by atoms with Gasteiger partial charge in [-0.05, 0) is 25.8 Å². The minimum atomic E-state index is -1.26. The Labute approximate surface area is 191 Å². The number of carboxylic acid groups (broad SMARTS) is 1. The Hall–Kier alpha value is -3.31. The number of amides is 3. The van der Waals surface area contributed by atoms with Crippen LogP contribution in [0, 0.1) is 5.92 Å². The zero-order chi connectivity index (χ0) is 25.0. The van der Waals surface area contributed by atoms with Crippen LogP contribution in [0.4, 0.5) is 0 Å². The highest BCUT2D eigenvalue weighted by molar-refractivity contribution is 5.93. The van der Waals surface area contributed by atoms with Crippen LogP contribution in [0.1, 0.15) is 32.3 Å². The SMILES string of the molecule is CC(=O)C[C@H](C(=O)NCC(=O)N[C@@H](CCO)C(=O)N[C@@H](Cc1ccccc1)C(=O)O)[C@@H](C)O. The molecule has 0 unspecified atom stereocenters. The molecule has 1 rings (SSSR count). The van der Waals surface area contributed by atoms with Crippen molar-refractivity contribution >= 4 is 29.5 Å². The van der Waals surface area contributed by atoms with E-state index in [1.54, 1.807) is 30.3 Å². The maximum absolute atomic E-state index is 12.6. The Kier molecular flexibility index (Phi) is 11.7. The molecule has 0 aliphatic heterocycles. The maximum Gasteiger partial charge on any atom is 0.326 e. The number of ketones is 1. The number of nitrogens with one attached hydrogen (secondary N) is 3. The monoisotopic (exact) mass is 465 g/mol. The third-order valence-corrected chi connectivity index (χ3v) is 4.82. The molecular formula is C22H31N3O8. The van der Waals surface area contributed by atoms with Crippen LogP contribution in [-0.2, 0) is 30.4 Å². The summed E-state index contributed by atoms with van der Waals surface area (Å²) in [6.45, 7) is 1.63. The number of Topliss-reactive ketones (excluding diaryl/α,β-unsaturated/α-hetero) is 1. The van der Waals surface area contributed by atoms with Gasteiger partial charge in [0.15, 0.2) is 0 Å². The van der Waals surface area contributed by atoms with E-state index in [0.717, 1.165) is 0 Å². The summed E-state index contributed by atoms with van der Waals surface area (Å²) in [6.07, 6.45) is -1.46. The van der Waals surface area contributed by atoms with E-state index in [0.29, 0.717) is 5.56 Å². The van der Waals surface area contributed by atoms with Crippen molar-refractivity contribution in [1.82, 2.24) is 16.0 Å². The van der Waals surface area contributed by atoms with Gasteiger partial charge in [0.25, 0.3) is 0 Å².